The predicted octanol–water partition coefficient (Wildman–Crippen LogP) is 3.86. The van der Waals surface area contributed by atoms with Crippen LogP contribution in [0, 0.1) is 0 Å². The molecule has 0 saturated heterocycles. The molecule has 1 heterocycles. The highest BCUT2D eigenvalue weighted by Crippen LogP contribution is 2.23. The Morgan fingerprint density at radius 2 is 1.74 bits per heavy atom. The normalized spacial score (nSPS) is 11.9. The van der Waals surface area contributed by atoms with Crippen LogP contribution in [-0.2, 0) is 11.2 Å². The molecule has 1 N–H and O–H groups in total. The second-order valence-electron chi connectivity index (χ2n) is 6.40. The number of rotatable bonds is 8. The summed E-state index contributed by atoms with van der Waals surface area (Å²) in [5.41, 5.74) is 2.17. The summed E-state index contributed by atoms with van der Waals surface area (Å²) >= 11 is 1.41. The lowest BCUT2D eigenvalue weighted by Crippen LogP contribution is -2.33. The third kappa shape index (κ3) is 5.20. The van der Waals surface area contributed by atoms with E-state index in [2.05, 4.69) is 34.6 Å². The molecule has 0 spiro atoms. The minimum absolute atomic E-state index is 0.0153. The zero-order chi connectivity index (χ0) is 19.1. The highest BCUT2D eigenvalue weighted by molar-refractivity contribution is 7.99. The lowest BCUT2D eigenvalue weighted by atomic mass is 10.1. The molecule has 27 heavy (non-hydrogen) atoms. The number of amides is 1. The van der Waals surface area contributed by atoms with E-state index in [0.717, 1.165) is 23.1 Å². The lowest BCUT2D eigenvalue weighted by molar-refractivity contribution is -0.119. The Morgan fingerprint density at radius 1 is 1.07 bits per heavy atom. The smallest absolute Gasteiger partial charge is 0.230 e. The van der Waals surface area contributed by atoms with Crippen molar-refractivity contribution >= 4 is 17.7 Å². The van der Waals surface area contributed by atoms with E-state index in [-0.39, 0.29) is 11.9 Å². The molecule has 0 aliphatic heterocycles. The minimum atomic E-state index is 0.0153. The van der Waals surface area contributed by atoms with Gasteiger partial charge in [0.05, 0.1) is 5.75 Å². The number of nitrogens with zero attached hydrogens (tertiary/aromatic N) is 3. The molecule has 1 amide bonds. The quantitative estimate of drug-likeness (QED) is 0.603. The predicted molar refractivity (Wildman–Crippen MR) is 109 cm³/mol. The minimum Gasteiger partial charge on any atom is -0.353 e. The molecule has 0 unspecified atom stereocenters. The summed E-state index contributed by atoms with van der Waals surface area (Å²) in [6, 6.07) is 20.4. The first kappa shape index (κ1) is 19.2. The Morgan fingerprint density at radius 3 is 2.41 bits per heavy atom. The van der Waals surface area contributed by atoms with Crippen molar-refractivity contribution in [3.05, 3.63) is 72.1 Å². The number of nitrogens with one attached hydrogen (secondary N) is 1. The highest BCUT2D eigenvalue weighted by atomic mass is 32.2. The van der Waals surface area contributed by atoms with Crippen molar-refractivity contribution in [2.45, 2.75) is 37.9 Å². The molecule has 2 aromatic carbocycles. The van der Waals surface area contributed by atoms with Crippen LogP contribution in [-0.4, -0.2) is 32.5 Å². The Labute approximate surface area is 164 Å². The molecule has 0 radical (unpaired) electrons. The number of benzene rings is 2. The monoisotopic (exact) mass is 380 g/mol. The van der Waals surface area contributed by atoms with Crippen molar-refractivity contribution in [2.24, 2.45) is 0 Å². The van der Waals surface area contributed by atoms with Crippen LogP contribution in [0.15, 0.2) is 65.8 Å². The summed E-state index contributed by atoms with van der Waals surface area (Å²) in [7, 11) is 0. The number of carbonyl (C=O) groups is 1. The molecule has 0 fully saturated rings. The molecule has 6 heteroatoms. The fourth-order valence-corrected chi connectivity index (χ4v) is 3.45. The average molecular weight is 381 g/mol. The molecule has 140 valence electrons. The van der Waals surface area contributed by atoms with Gasteiger partial charge in [0.25, 0.3) is 0 Å². The standard InChI is InChI=1S/C21H24N4OS/c1-3-16(2)22-20(26)15-27-21-24-23-19(14-17-10-6-4-7-11-17)25(21)18-12-8-5-9-13-18/h4-13,16H,3,14-15H2,1-2H3,(H,22,26)/t16-/m1/s1. The highest BCUT2D eigenvalue weighted by Gasteiger charge is 2.16. The Kier molecular flexibility index (Phi) is 6.65. The molecule has 0 aliphatic carbocycles. The van der Waals surface area contributed by atoms with Crippen LogP contribution < -0.4 is 5.32 Å². The van der Waals surface area contributed by atoms with E-state index in [4.69, 9.17) is 0 Å². The van der Waals surface area contributed by atoms with Gasteiger partial charge in [-0.25, -0.2) is 0 Å². The van der Waals surface area contributed by atoms with Gasteiger partial charge < -0.3 is 5.32 Å². The van der Waals surface area contributed by atoms with Gasteiger partial charge in [-0.15, -0.1) is 10.2 Å². The van der Waals surface area contributed by atoms with Crippen molar-refractivity contribution in [3.63, 3.8) is 0 Å². The zero-order valence-corrected chi connectivity index (χ0v) is 16.4. The van der Waals surface area contributed by atoms with Gasteiger partial charge in [-0.05, 0) is 31.0 Å². The average Bonchev–Trinajstić information content (AvgIpc) is 3.10. The molecular weight excluding hydrogens is 356 g/mol. The molecule has 5 nitrogen and oxygen atoms in total. The van der Waals surface area contributed by atoms with Gasteiger partial charge in [0, 0.05) is 18.2 Å². The van der Waals surface area contributed by atoms with Crippen LogP contribution >= 0.6 is 11.8 Å². The molecule has 0 aliphatic rings. The first-order valence-electron chi connectivity index (χ1n) is 9.13. The van der Waals surface area contributed by atoms with E-state index in [1.807, 2.05) is 60.0 Å². The summed E-state index contributed by atoms with van der Waals surface area (Å²) in [6.45, 7) is 4.06. The second-order valence-corrected chi connectivity index (χ2v) is 7.34. The molecule has 1 atom stereocenters. The first-order chi connectivity index (χ1) is 13.2. The van der Waals surface area contributed by atoms with Crippen molar-refractivity contribution in [2.75, 3.05) is 5.75 Å². The Hall–Kier alpha value is -2.60. The maximum absolute atomic E-state index is 12.1. The van der Waals surface area contributed by atoms with Gasteiger partial charge in [-0.3, -0.25) is 9.36 Å². The fourth-order valence-electron chi connectivity index (χ4n) is 2.67. The van der Waals surface area contributed by atoms with E-state index in [9.17, 15) is 4.79 Å². The molecular formula is C21H24N4OS. The molecule has 1 aromatic heterocycles. The SMILES string of the molecule is CC[C@@H](C)NC(=O)CSc1nnc(Cc2ccccc2)n1-c1ccccc1. The molecule has 0 saturated carbocycles. The first-order valence-corrected chi connectivity index (χ1v) is 10.1. The van der Waals surface area contributed by atoms with E-state index in [1.54, 1.807) is 0 Å². The third-order valence-corrected chi connectivity index (χ3v) is 5.20. The van der Waals surface area contributed by atoms with Crippen LogP contribution in [0.5, 0.6) is 0 Å². The zero-order valence-electron chi connectivity index (χ0n) is 15.6. The van der Waals surface area contributed by atoms with Crippen molar-refractivity contribution < 1.29 is 4.79 Å². The third-order valence-electron chi connectivity index (χ3n) is 4.27. The van der Waals surface area contributed by atoms with Crippen LogP contribution in [0.2, 0.25) is 0 Å². The summed E-state index contributed by atoms with van der Waals surface area (Å²) in [6.07, 6.45) is 1.60. The maximum atomic E-state index is 12.1. The fraction of sp³-hybridized carbons (Fsp3) is 0.286. The van der Waals surface area contributed by atoms with E-state index in [0.29, 0.717) is 12.2 Å². The molecule has 3 aromatic rings. The van der Waals surface area contributed by atoms with Crippen molar-refractivity contribution in [3.8, 4) is 5.69 Å². The van der Waals surface area contributed by atoms with Gasteiger partial charge in [0.15, 0.2) is 5.16 Å². The number of aromatic nitrogens is 3. The van der Waals surface area contributed by atoms with Crippen molar-refractivity contribution in [1.29, 1.82) is 0 Å². The van der Waals surface area contributed by atoms with Gasteiger partial charge in [-0.1, -0.05) is 67.2 Å². The number of hydrogen-bond acceptors (Lipinski definition) is 4. The van der Waals surface area contributed by atoms with E-state index >= 15 is 0 Å². The summed E-state index contributed by atoms with van der Waals surface area (Å²) in [5.74, 6) is 1.19. The number of thioether (sulfide) groups is 1. The summed E-state index contributed by atoms with van der Waals surface area (Å²) in [4.78, 5) is 12.1. The van der Waals surface area contributed by atoms with Gasteiger partial charge >= 0.3 is 0 Å². The van der Waals surface area contributed by atoms with E-state index in [1.165, 1.54) is 17.3 Å². The van der Waals surface area contributed by atoms with Gasteiger partial charge in [0.1, 0.15) is 5.82 Å². The summed E-state index contributed by atoms with van der Waals surface area (Å²) in [5, 5.41) is 12.5. The van der Waals surface area contributed by atoms with Crippen LogP contribution in [0.3, 0.4) is 0 Å². The van der Waals surface area contributed by atoms with Gasteiger partial charge in [-0.2, -0.15) is 0 Å². The van der Waals surface area contributed by atoms with E-state index < -0.39 is 0 Å². The largest absolute Gasteiger partial charge is 0.353 e. The topological polar surface area (TPSA) is 59.8 Å². The Balaban J connectivity index is 1.82. The Bertz CT molecular complexity index is 864. The van der Waals surface area contributed by atoms with Crippen LogP contribution in [0.4, 0.5) is 0 Å². The number of carbonyl (C=O) groups excluding carboxylic acids is 1. The maximum Gasteiger partial charge on any atom is 0.230 e. The van der Waals surface area contributed by atoms with Crippen molar-refractivity contribution in [1.82, 2.24) is 20.1 Å². The molecule has 0 bridgehead atoms. The summed E-state index contributed by atoms with van der Waals surface area (Å²) < 4.78 is 2.04. The van der Waals surface area contributed by atoms with Gasteiger partial charge in [0.2, 0.25) is 5.91 Å². The van der Waals surface area contributed by atoms with Crippen LogP contribution in [0.25, 0.3) is 5.69 Å². The number of hydrogen-bond donors (Lipinski definition) is 1. The van der Waals surface area contributed by atoms with Crippen LogP contribution in [0.1, 0.15) is 31.7 Å². The lowest BCUT2D eigenvalue weighted by Gasteiger charge is -2.12. The second kappa shape index (κ2) is 9.37. The number of para-hydroxylation sites is 1. The molecule has 3 rings (SSSR count).